The predicted molar refractivity (Wildman–Crippen MR) is 286 cm³/mol. The summed E-state index contributed by atoms with van der Waals surface area (Å²) in [6.07, 6.45) is -0.0105. The first kappa shape index (κ1) is 77.8. The minimum absolute atomic E-state index is 0.0105. The molecule has 0 aliphatic heterocycles. The van der Waals surface area contributed by atoms with Crippen LogP contribution in [0.5, 0.6) is 0 Å². The molecule has 29 nitrogen and oxygen atoms in total. The molecule has 1 N–H and O–H groups in total. The quantitative estimate of drug-likeness (QED) is 0.0387. The van der Waals surface area contributed by atoms with E-state index in [0.717, 1.165) is 0 Å². The van der Waals surface area contributed by atoms with Gasteiger partial charge in [-0.1, -0.05) is 5.11 Å². The van der Waals surface area contributed by atoms with Crippen molar-refractivity contribution in [3.8, 4) is 0 Å². The molecule has 0 saturated carbocycles. The van der Waals surface area contributed by atoms with Crippen LogP contribution in [0.2, 0.25) is 0 Å². The highest BCUT2D eigenvalue weighted by Crippen LogP contribution is 1.92. The van der Waals surface area contributed by atoms with Crippen LogP contribution in [0.25, 0.3) is 10.4 Å². The predicted octanol–water partition coefficient (Wildman–Crippen LogP) is 1.17. The van der Waals surface area contributed by atoms with Crippen molar-refractivity contribution < 1.29 is 124 Å². The minimum atomic E-state index is -0.880. The number of nitrogens with zero attached hydrogens (tertiary/aromatic N) is 3. The molecule has 0 radical (unpaired) electrons. The summed E-state index contributed by atoms with van der Waals surface area (Å²) in [5.74, 6) is -0.880. The number of ether oxygens (including phenoxy) is 24. The van der Waals surface area contributed by atoms with Crippen LogP contribution in [-0.2, 0) is 118 Å². The molecular formula is C51H101N3O26. The second kappa shape index (κ2) is 74.8. The lowest BCUT2D eigenvalue weighted by molar-refractivity contribution is -0.138. The molecule has 0 aliphatic carbocycles. The monoisotopic (exact) mass is 1170 g/mol. The van der Waals surface area contributed by atoms with Gasteiger partial charge in [0.2, 0.25) is 0 Å². The number of carboxylic acids is 1. The standard InChI is InChI=1S/C51H101N3O26/c52-54-53-2-4-58-6-8-60-10-12-62-14-16-64-18-20-66-22-24-68-26-28-70-30-32-72-34-36-74-38-40-76-42-44-78-46-48-80-50-49-79-47-45-77-43-41-75-39-37-73-35-33-71-31-29-69-27-25-67-23-21-65-19-17-63-15-13-61-11-9-59-7-5-57-3-1-51(55)56/h1-50H2,(H,55,56). The van der Waals surface area contributed by atoms with Gasteiger partial charge in [-0.15, -0.1) is 0 Å². The van der Waals surface area contributed by atoms with E-state index in [-0.39, 0.29) is 13.0 Å². The Morgan fingerprint density at radius 1 is 0.225 bits per heavy atom. The lowest BCUT2D eigenvalue weighted by Gasteiger charge is -2.09. The molecule has 29 heteroatoms. The van der Waals surface area contributed by atoms with Crippen molar-refractivity contribution in [2.24, 2.45) is 5.11 Å². The van der Waals surface area contributed by atoms with Crippen molar-refractivity contribution in [1.29, 1.82) is 0 Å². The molecule has 0 heterocycles. The Balaban J connectivity index is 3.08. The van der Waals surface area contributed by atoms with Crippen molar-refractivity contribution in [1.82, 2.24) is 0 Å². The Labute approximate surface area is 474 Å². The van der Waals surface area contributed by atoms with Gasteiger partial charge in [0.05, 0.1) is 324 Å². The number of rotatable bonds is 75. The molecule has 0 rings (SSSR count). The van der Waals surface area contributed by atoms with Crippen LogP contribution in [-0.4, -0.2) is 335 Å². The molecule has 0 fully saturated rings. The molecule has 0 amide bonds. The molecule has 0 bridgehead atoms. The van der Waals surface area contributed by atoms with E-state index >= 15 is 0 Å². The molecule has 0 atom stereocenters. The number of aliphatic carboxylic acids is 1. The summed E-state index contributed by atoms with van der Waals surface area (Å²) in [5, 5.41) is 11.9. The fourth-order valence-electron chi connectivity index (χ4n) is 5.47. The average Bonchev–Trinajstić information content (AvgIpc) is 3.46. The summed E-state index contributed by atoms with van der Waals surface area (Å²) >= 11 is 0. The Hall–Kier alpha value is -2.18. The second-order valence-corrected chi connectivity index (χ2v) is 15.8. The van der Waals surface area contributed by atoms with Crippen molar-refractivity contribution in [2.75, 3.05) is 324 Å². The summed E-state index contributed by atoms with van der Waals surface area (Å²) in [6, 6.07) is 0. The lowest BCUT2D eigenvalue weighted by Crippen LogP contribution is -2.16. The Bertz CT molecular complexity index is 1140. The Morgan fingerprint density at radius 2 is 0.338 bits per heavy atom. The number of carboxylic acid groups (broad SMARTS) is 1. The summed E-state index contributed by atoms with van der Waals surface area (Å²) < 4.78 is 131. The van der Waals surface area contributed by atoms with Crippen molar-refractivity contribution in [3.63, 3.8) is 0 Å². The minimum Gasteiger partial charge on any atom is -0.481 e. The smallest absolute Gasteiger partial charge is 0.305 e. The molecular weight excluding hydrogens is 1070 g/mol. The normalized spacial score (nSPS) is 11.6. The average molecular weight is 1170 g/mol. The van der Waals surface area contributed by atoms with E-state index in [2.05, 4.69) is 10.0 Å². The first-order valence-corrected chi connectivity index (χ1v) is 27.9. The third-order valence-corrected chi connectivity index (χ3v) is 9.42. The summed E-state index contributed by atoms with van der Waals surface area (Å²) in [7, 11) is 0. The zero-order valence-corrected chi connectivity index (χ0v) is 47.9. The largest absolute Gasteiger partial charge is 0.481 e. The van der Waals surface area contributed by atoms with E-state index < -0.39 is 5.97 Å². The van der Waals surface area contributed by atoms with Gasteiger partial charge in [-0.3, -0.25) is 4.79 Å². The van der Waals surface area contributed by atoms with Crippen LogP contribution in [0.3, 0.4) is 0 Å². The van der Waals surface area contributed by atoms with Gasteiger partial charge in [0.25, 0.3) is 0 Å². The van der Waals surface area contributed by atoms with Gasteiger partial charge >= 0.3 is 5.97 Å². The van der Waals surface area contributed by atoms with Crippen LogP contribution in [0, 0.1) is 0 Å². The van der Waals surface area contributed by atoms with Crippen molar-refractivity contribution >= 4 is 5.97 Å². The number of hydrogen-bond acceptors (Lipinski definition) is 26. The molecule has 0 spiro atoms. The Morgan fingerprint density at radius 3 is 0.450 bits per heavy atom. The van der Waals surface area contributed by atoms with Gasteiger partial charge in [-0.05, 0) is 5.53 Å². The van der Waals surface area contributed by atoms with Gasteiger partial charge in [-0.2, -0.15) is 0 Å². The van der Waals surface area contributed by atoms with Crippen LogP contribution >= 0.6 is 0 Å². The molecule has 0 aliphatic rings. The first-order valence-electron chi connectivity index (χ1n) is 27.9. The SMILES string of the molecule is [N-]=[N+]=NCCOCCOCCOCCOCCOCCOCCOCCOCCOCCOCCOCCOCCOCCOCCOCCOCCOCCOCCOCCOCCOCCOCCOCCOCCC(=O)O. The highest BCUT2D eigenvalue weighted by atomic mass is 16.6. The number of azide groups is 1. The fourth-order valence-corrected chi connectivity index (χ4v) is 5.47. The number of carbonyl (C=O) groups is 1. The molecule has 80 heavy (non-hydrogen) atoms. The molecule has 476 valence electrons. The fraction of sp³-hybridized carbons (Fsp3) is 0.980. The van der Waals surface area contributed by atoms with Crippen LogP contribution in [0.15, 0.2) is 5.11 Å². The van der Waals surface area contributed by atoms with Gasteiger partial charge < -0.3 is 119 Å². The summed E-state index contributed by atoms with van der Waals surface area (Å²) in [4.78, 5) is 13.0. The lowest BCUT2D eigenvalue weighted by atomic mass is 10.5. The van der Waals surface area contributed by atoms with Gasteiger partial charge in [0.1, 0.15) is 0 Å². The summed E-state index contributed by atoms with van der Waals surface area (Å²) in [5.41, 5.74) is 8.17. The molecule has 0 unspecified atom stereocenters. The van der Waals surface area contributed by atoms with E-state index in [1.54, 1.807) is 0 Å². The van der Waals surface area contributed by atoms with Gasteiger partial charge in [0.15, 0.2) is 0 Å². The van der Waals surface area contributed by atoms with E-state index in [9.17, 15) is 4.79 Å². The maximum atomic E-state index is 10.4. The van der Waals surface area contributed by atoms with Gasteiger partial charge in [0, 0.05) is 11.5 Å². The molecule has 0 aromatic carbocycles. The van der Waals surface area contributed by atoms with Crippen LogP contribution in [0.1, 0.15) is 6.42 Å². The Kier molecular flexibility index (Phi) is 72.8. The molecule has 0 aromatic rings. The third-order valence-electron chi connectivity index (χ3n) is 9.42. The highest BCUT2D eigenvalue weighted by molar-refractivity contribution is 5.66. The maximum absolute atomic E-state index is 10.4. The molecule has 0 aromatic heterocycles. The van der Waals surface area contributed by atoms with E-state index in [0.29, 0.717) is 317 Å². The topological polar surface area (TPSA) is 308 Å². The second-order valence-electron chi connectivity index (χ2n) is 15.8. The zero-order chi connectivity index (χ0) is 57.3. The maximum Gasteiger partial charge on any atom is 0.305 e. The van der Waals surface area contributed by atoms with Crippen LogP contribution in [0.4, 0.5) is 0 Å². The van der Waals surface area contributed by atoms with E-state index in [4.69, 9.17) is 124 Å². The van der Waals surface area contributed by atoms with E-state index in [1.165, 1.54) is 0 Å². The number of hydrogen-bond donors (Lipinski definition) is 1. The van der Waals surface area contributed by atoms with Crippen molar-refractivity contribution in [2.45, 2.75) is 6.42 Å². The van der Waals surface area contributed by atoms with Gasteiger partial charge in [-0.25, -0.2) is 0 Å². The summed E-state index contributed by atoms with van der Waals surface area (Å²) in [6.45, 7) is 22.6. The van der Waals surface area contributed by atoms with E-state index in [1.807, 2.05) is 0 Å². The third kappa shape index (κ3) is 75.8. The van der Waals surface area contributed by atoms with Crippen LogP contribution < -0.4 is 0 Å². The first-order chi connectivity index (χ1) is 39.8. The highest BCUT2D eigenvalue weighted by Gasteiger charge is 2.01. The zero-order valence-electron chi connectivity index (χ0n) is 47.9. The molecule has 0 saturated heterocycles. The van der Waals surface area contributed by atoms with Crippen molar-refractivity contribution in [3.05, 3.63) is 10.4 Å².